The number of hydrogen-bond donors (Lipinski definition) is 4. The third kappa shape index (κ3) is 6.51. The molecule has 0 aromatic carbocycles. The highest BCUT2D eigenvalue weighted by Crippen LogP contribution is 2.51. The number of thioether (sulfide) groups is 1. The van der Waals surface area contributed by atoms with Gasteiger partial charge >= 0.3 is 12.4 Å². The molecule has 12 nitrogen and oxygen atoms in total. The summed E-state index contributed by atoms with van der Waals surface area (Å²) in [5, 5.41) is 18.4. The number of likely N-dealkylation sites (N-methyl/N-ethyl adjacent to an activating group) is 1. The summed E-state index contributed by atoms with van der Waals surface area (Å²) < 4.78 is 25.5. The van der Waals surface area contributed by atoms with E-state index in [1.54, 1.807) is 18.9 Å². The van der Waals surface area contributed by atoms with Crippen molar-refractivity contribution in [3.8, 4) is 0 Å². The van der Waals surface area contributed by atoms with Crippen LogP contribution in [0.15, 0.2) is 10.6 Å². The number of halogens is 2. The molecule has 0 bridgehead atoms. The van der Waals surface area contributed by atoms with Gasteiger partial charge in [-0.15, -0.1) is 11.8 Å². The number of amides is 4. The SMILES string of the molecule is C[C@@H](NC(=O)C(F)F)[C@H]1C(=O)N2C(C(=O)O)=C(S[C@@H]3CN[C@H](C(=O)N(C)CCC(=O)N4CCCNCC4)C3)[C@H](C)[C@H]12. The van der Waals surface area contributed by atoms with Gasteiger partial charge in [0, 0.05) is 68.3 Å². The van der Waals surface area contributed by atoms with Crippen LogP contribution in [0.2, 0.25) is 0 Å². The van der Waals surface area contributed by atoms with Gasteiger partial charge in [0.25, 0.3) is 5.91 Å². The van der Waals surface area contributed by atoms with E-state index in [0.717, 1.165) is 19.5 Å². The first-order valence-corrected chi connectivity index (χ1v) is 14.8. The van der Waals surface area contributed by atoms with Crippen molar-refractivity contribution in [1.29, 1.82) is 0 Å². The summed E-state index contributed by atoms with van der Waals surface area (Å²) >= 11 is 1.31. The van der Waals surface area contributed by atoms with Crippen LogP contribution in [0, 0.1) is 11.8 Å². The Morgan fingerprint density at radius 1 is 1.22 bits per heavy atom. The molecule has 0 radical (unpaired) electrons. The molecule has 0 aromatic heterocycles. The molecular weight excluding hydrogens is 562 g/mol. The molecule has 0 unspecified atom stereocenters. The van der Waals surface area contributed by atoms with E-state index < -0.39 is 54.2 Å². The van der Waals surface area contributed by atoms with Crippen molar-refractivity contribution in [2.45, 2.75) is 62.9 Å². The molecule has 6 atom stereocenters. The normalized spacial score (nSPS) is 28.7. The fraction of sp³-hybridized carbons (Fsp3) is 0.731. The smallest absolute Gasteiger partial charge is 0.353 e. The predicted octanol–water partition coefficient (Wildman–Crippen LogP) is -0.337. The molecule has 4 aliphatic rings. The molecule has 4 aliphatic heterocycles. The number of nitrogens with one attached hydrogen (secondary N) is 3. The van der Waals surface area contributed by atoms with Crippen molar-refractivity contribution in [1.82, 2.24) is 30.7 Å². The van der Waals surface area contributed by atoms with E-state index in [0.29, 0.717) is 37.5 Å². The highest BCUT2D eigenvalue weighted by Gasteiger charge is 2.60. The van der Waals surface area contributed by atoms with E-state index >= 15 is 0 Å². The number of aliphatic carboxylic acids is 1. The van der Waals surface area contributed by atoms with Crippen molar-refractivity contribution in [3.63, 3.8) is 0 Å². The summed E-state index contributed by atoms with van der Waals surface area (Å²) in [4.78, 5) is 67.3. The van der Waals surface area contributed by atoms with Crippen molar-refractivity contribution < 1.29 is 37.9 Å². The molecule has 3 saturated heterocycles. The standard InChI is InChI=1S/C26H38F2N6O6S/c1-13-19-18(14(2)31-23(36)22(27)28)25(38)34(19)20(26(39)40)21(13)41-15-11-16(30-12-15)24(37)32(3)9-5-17(35)33-8-4-6-29-7-10-33/h13-16,18-19,22,29-30H,4-12H2,1-3H3,(H,31,36)(H,39,40)/t13-,14-,15+,16+,18-,19-/m1/s1. The van der Waals surface area contributed by atoms with Gasteiger partial charge in [-0.2, -0.15) is 8.78 Å². The van der Waals surface area contributed by atoms with E-state index in [1.807, 2.05) is 4.90 Å². The zero-order valence-corrected chi connectivity index (χ0v) is 24.2. The number of alkyl halides is 2. The molecule has 15 heteroatoms. The highest BCUT2D eigenvalue weighted by atomic mass is 32.2. The summed E-state index contributed by atoms with van der Waals surface area (Å²) in [5.74, 6) is -4.60. The van der Waals surface area contributed by atoms with Crippen LogP contribution in [0.3, 0.4) is 0 Å². The molecule has 4 amide bonds. The lowest BCUT2D eigenvalue weighted by molar-refractivity contribution is -0.159. The minimum Gasteiger partial charge on any atom is -0.477 e. The maximum Gasteiger partial charge on any atom is 0.353 e. The summed E-state index contributed by atoms with van der Waals surface area (Å²) in [6.45, 7) is 6.98. The van der Waals surface area contributed by atoms with Crippen LogP contribution in [-0.2, 0) is 24.0 Å². The third-order valence-electron chi connectivity index (χ3n) is 8.31. The molecule has 41 heavy (non-hydrogen) atoms. The Balaban J connectivity index is 1.33. The molecule has 4 heterocycles. The Labute approximate surface area is 241 Å². The quantitative estimate of drug-likeness (QED) is 0.247. The Bertz CT molecular complexity index is 1100. The van der Waals surface area contributed by atoms with Gasteiger partial charge in [0.1, 0.15) is 5.70 Å². The molecule has 0 saturated carbocycles. The van der Waals surface area contributed by atoms with E-state index in [-0.39, 0.29) is 29.2 Å². The lowest BCUT2D eigenvalue weighted by atomic mass is 9.78. The maximum absolute atomic E-state index is 13.1. The number of rotatable bonds is 10. The van der Waals surface area contributed by atoms with Crippen molar-refractivity contribution in [2.24, 2.45) is 11.8 Å². The first kappa shape index (κ1) is 31.2. The van der Waals surface area contributed by atoms with Gasteiger partial charge in [0.05, 0.1) is 18.0 Å². The second-order valence-corrected chi connectivity index (χ2v) is 12.4. The number of hydrogen-bond acceptors (Lipinski definition) is 8. The first-order chi connectivity index (χ1) is 19.4. The summed E-state index contributed by atoms with van der Waals surface area (Å²) in [6, 6.07) is -1.95. The Hall–Kier alpha value is -2.78. The van der Waals surface area contributed by atoms with Crippen LogP contribution < -0.4 is 16.0 Å². The number of carboxylic acids is 1. The molecule has 3 fully saturated rings. The topological polar surface area (TPSA) is 151 Å². The van der Waals surface area contributed by atoms with Crippen LogP contribution in [0.25, 0.3) is 0 Å². The molecule has 228 valence electrons. The second kappa shape index (κ2) is 13.0. The van der Waals surface area contributed by atoms with Crippen LogP contribution in [-0.4, -0.2) is 126 Å². The van der Waals surface area contributed by atoms with Crippen LogP contribution in [0.5, 0.6) is 0 Å². The fourth-order valence-electron chi connectivity index (χ4n) is 6.13. The molecule has 4 rings (SSSR count). The minimum absolute atomic E-state index is 0.0186. The van der Waals surface area contributed by atoms with Crippen LogP contribution in [0.4, 0.5) is 8.78 Å². The van der Waals surface area contributed by atoms with E-state index in [2.05, 4.69) is 16.0 Å². The van der Waals surface area contributed by atoms with Gasteiger partial charge in [-0.1, -0.05) is 6.92 Å². The largest absolute Gasteiger partial charge is 0.477 e. The fourth-order valence-corrected chi connectivity index (χ4v) is 7.61. The predicted molar refractivity (Wildman–Crippen MR) is 146 cm³/mol. The van der Waals surface area contributed by atoms with Gasteiger partial charge in [-0.05, 0) is 26.3 Å². The average Bonchev–Trinajstić information content (AvgIpc) is 3.35. The lowest BCUT2D eigenvalue weighted by Gasteiger charge is -2.47. The zero-order chi connectivity index (χ0) is 30.0. The number of carboxylic acid groups (broad SMARTS) is 1. The van der Waals surface area contributed by atoms with Crippen molar-refractivity contribution >= 4 is 41.4 Å². The van der Waals surface area contributed by atoms with Gasteiger partial charge in [-0.25, -0.2) is 4.79 Å². The number of β-lactam (4-membered cyclic amide) rings is 1. The first-order valence-electron chi connectivity index (χ1n) is 13.9. The summed E-state index contributed by atoms with van der Waals surface area (Å²) in [5.41, 5.74) is -0.129. The third-order valence-corrected chi connectivity index (χ3v) is 9.82. The second-order valence-electron chi connectivity index (χ2n) is 11.1. The summed E-state index contributed by atoms with van der Waals surface area (Å²) in [7, 11) is 1.66. The highest BCUT2D eigenvalue weighted by molar-refractivity contribution is 8.03. The van der Waals surface area contributed by atoms with Gasteiger partial charge in [0.15, 0.2) is 0 Å². The molecular formula is C26H38F2N6O6S. The molecule has 4 N–H and O–H groups in total. The zero-order valence-electron chi connectivity index (χ0n) is 23.4. The van der Waals surface area contributed by atoms with Crippen molar-refractivity contribution in [3.05, 3.63) is 10.6 Å². The number of carbonyl (C=O) groups is 5. The Morgan fingerprint density at radius 2 is 1.95 bits per heavy atom. The lowest BCUT2D eigenvalue weighted by Crippen LogP contribution is -2.66. The average molecular weight is 601 g/mol. The van der Waals surface area contributed by atoms with Gasteiger partial charge in [-0.3, -0.25) is 19.2 Å². The molecule has 0 aromatic rings. The monoisotopic (exact) mass is 600 g/mol. The van der Waals surface area contributed by atoms with Gasteiger partial charge < -0.3 is 35.8 Å². The molecule has 0 spiro atoms. The van der Waals surface area contributed by atoms with E-state index in [1.165, 1.54) is 23.6 Å². The number of carbonyl (C=O) groups excluding carboxylic acids is 4. The molecule has 0 aliphatic carbocycles. The van der Waals surface area contributed by atoms with E-state index in [9.17, 15) is 37.9 Å². The number of nitrogens with zero attached hydrogens (tertiary/aromatic N) is 3. The summed E-state index contributed by atoms with van der Waals surface area (Å²) in [6.07, 6.45) is -1.65. The Morgan fingerprint density at radius 3 is 2.63 bits per heavy atom. The maximum atomic E-state index is 13.1. The van der Waals surface area contributed by atoms with Gasteiger partial charge in [0.2, 0.25) is 17.7 Å². The number of fused-ring (bicyclic) bond motifs is 1. The Kier molecular flexibility index (Phi) is 9.90. The minimum atomic E-state index is -3.22. The van der Waals surface area contributed by atoms with Crippen LogP contribution in [0.1, 0.15) is 33.1 Å². The van der Waals surface area contributed by atoms with E-state index in [4.69, 9.17) is 0 Å². The van der Waals surface area contributed by atoms with Crippen LogP contribution >= 0.6 is 11.8 Å². The van der Waals surface area contributed by atoms with Crippen molar-refractivity contribution in [2.75, 3.05) is 46.3 Å².